The normalized spacial score (nSPS) is 52.4. The highest BCUT2D eigenvalue weighted by Crippen LogP contribution is 2.20. The highest BCUT2D eigenvalue weighted by Gasteiger charge is 2.39. The fraction of sp³-hybridized carbons (Fsp3) is 0.600. The second-order valence-electron chi connectivity index (χ2n) is 2.38. The van der Waals surface area contributed by atoms with E-state index in [1.54, 1.807) is 0 Å². The van der Waals surface area contributed by atoms with Crippen LogP contribution < -0.4 is 5.32 Å². The summed E-state index contributed by atoms with van der Waals surface area (Å²) in [6, 6.07) is -3.76. The number of rotatable bonds is 2. The van der Waals surface area contributed by atoms with E-state index in [-0.39, 0.29) is 0 Å². The van der Waals surface area contributed by atoms with Crippen LogP contribution in [-0.4, -0.2) is 22.8 Å². The van der Waals surface area contributed by atoms with Crippen molar-refractivity contribution in [2.24, 2.45) is 5.89 Å². The SMILES string of the molecule is [2H]C([2H])([2H])C(O)=C1C(=O)N[C@@]([2H])([C@@]([2H])(C([2H])([2H])[2H])C([2H])([2H])C([2H])([2H])[2H])C1=O. The van der Waals surface area contributed by atoms with Gasteiger partial charge in [0.2, 0.25) is 0 Å². The Morgan fingerprint density at radius 1 is 1.93 bits per heavy atom. The van der Waals surface area contributed by atoms with Gasteiger partial charge in [-0.1, -0.05) is 20.1 Å². The van der Waals surface area contributed by atoms with Crippen LogP contribution in [0.1, 0.15) is 44.7 Å². The fourth-order valence-corrected chi connectivity index (χ4v) is 0.915. The molecule has 0 saturated carbocycles. The van der Waals surface area contributed by atoms with Gasteiger partial charge in [0.1, 0.15) is 11.3 Å². The number of aliphatic hydroxyl groups is 1. The number of hydrogen-bond donors (Lipinski definition) is 2. The number of Topliss-reactive ketones (excluding diaryl/α,β-unsaturated/α-hetero) is 1. The molecule has 1 aliphatic heterocycles. The summed E-state index contributed by atoms with van der Waals surface area (Å²) >= 11 is 0. The molecule has 0 aromatic rings. The van der Waals surface area contributed by atoms with Crippen LogP contribution in [0.5, 0.6) is 0 Å². The molecule has 0 aliphatic carbocycles. The average Bonchev–Trinajstić information content (AvgIpc) is 2.64. The van der Waals surface area contributed by atoms with Crippen molar-refractivity contribution in [1.29, 1.82) is 0 Å². The number of amides is 1. The molecule has 78 valence electrons. The summed E-state index contributed by atoms with van der Waals surface area (Å²) < 4.78 is 96.3. The van der Waals surface area contributed by atoms with E-state index in [0.29, 0.717) is 0 Å². The van der Waals surface area contributed by atoms with E-state index >= 15 is 0 Å². The highest BCUT2D eigenvalue weighted by molar-refractivity contribution is 6.26. The molecule has 1 rings (SSSR count). The van der Waals surface area contributed by atoms with Crippen molar-refractivity contribution >= 4 is 11.7 Å². The van der Waals surface area contributed by atoms with E-state index in [0.717, 1.165) is 0 Å². The summed E-state index contributed by atoms with van der Waals surface area (Å²) in [5.74, 6) is -9.67. The standard InChI is InChI=1S/C10H15NO3/c1-4-5(2)8-9(13)7(6(3)12)10(14)11-8/h5,8,12H,4H2,1-3H3,(H,11,14)/t5-,8-/m0/s1/i1D3,2D3,3D3,4D2,5D,8D. The maximum atomic E-state index is 12.5. The van der Waals surface area contributed by atoms with E-state index in [1.807, 2.05) is 0 Å². The Hall–Kier alpha value is -1.32. The summed E-state index contributed by atoms with van der Waals surface area (Å²) in [5, 5.41) is 11.0. The molecule has 4 nitrogen and oxygen atoms in total. The lowest BCUT2D eigenvalue weighted by Gasteiger charge is -2.14. The predicted molar refractivity (Wildman–Crippen MR) is 51.7 cm³/mol. The van der Waals surface area contributed by atoms with Crippen molar-refractivity contribution in [3.8, 4) is 0 Å². The minimum absolute atomic E-state index is 1.38. The minimum atomic E-state index is -4.10. The van der Waals surface area contributed by atoms with Crippen LogP contribution in [0.25, 0.3) is 0 Å². The van der Waals surface area contributed by atoms with Crippen molar-refractivity contribution in [2.45, 2.75) is 32.9 Å². The molecular weight excluding hydrogens is 182 g/mol. The van der Waals surface area contributed by atoms with Gasteiger partial charge in [0.05, 0.1) is 7.39 Å². The van der Waals surface area contributed by atoms with E-state index < -0.39 is 61.9 Å². The third kappa shape index (κ3) is 1.64. The van der Waals surface area contributed by atoms with Crippen LogP contribution in [0.15, 0.2) is 11.3 Å². The van der Waals surface area contributed by atoms with Crippen LogP contribution in [0, 0.1) is 5.89 Å². The third-order valence-corrected chi connectivity index (χ3v) is 1.53. The topological polar surface area (TPSA) is 66.4 Å². The molecule has 2 atom stereocenters. The second kappa shape index (κ2) is 3.82. The van der Waals surface area contributed by atoms with Crippen LogP contribution >= 0.6 is 0 Å². The maximum Gasteiger partial charge on any atom is 0.259 e. The Morgan fingerprint density at radius 3 is 3.29 bits per heavy atom. The molecule has 14 heavy (non-hydrogen) atoms. The number of carbonyl (C=O) groups is 2. The lowest BCUT2D eigenvalue weighted by Crippen LogP contribution is -2.35. The summed E-state index contributed by atoms with van der Waals surface area (Å²) in [7, 11) is 0. The van der Waals surface area contributed by atoms with Gasteiger partial charge in [-0.2, -0.15) is 0 Å². The number of carbonyl (C=O) groups excluding carboxylic acids is 2. The van der Waals surface area contributed by atoms with Gasteiger partial charge < -0.3 is 10.4 Å². The summed E-state index contributed by atoms with van der Waals surface area (Å²) in [6.45, 7) is -11.2. The Morgan fingerprint density at radius 2 is 2.71 bits per heavy atom. The van der Waals surface area contributed by atoms with Gasteiger partial charge >= 0.3 is 0 Å². The monoisotopic (exact) mass is 210 g/mol. The Labute approximate surface area is 101 Å². The van der Waals surface area contributed by atoms with E-state index in [1.165, 1.54) is 5.32 Å². The molecule has 1 amide bonds. The van der Waals surface area contributed by atoms with Crippen molar-refractivity contribution in [3.05, 3.63) is 11.3 Å². The van der Waals surface area contributed by atoms with Crippen LogP contribution in [-0.2, 0) is 9.59 Å². The van der Waals surface area contributed by atoms with Gasteiger partial charge in [-0.3, -0.25) is 9.59 Å². The predicted octanol–water partition coefficient (Wildman–Crippen LogP) is 0.932. The molecule has 0 unspecified atom stereocenters. The average molecular weight is 210 g/mol. The molecule has 0 radical (unpaired) electrons. The summed E-state index contributed by atoms with van der Waals surface area (Å²) in [6.07, 6.45) is -4.04. The van der Waals surface area contributed by atoms with E-state index in [4.69, 9.17) is 17.8 Å². The first-order valence-electron chi connectivity index (χ1n) is 9.88. The molecule has 0 spiro atoms. The number of hydrogen-bond acceptors (Lipinski definition) is 3. The molecule has 1 aliphatic rings. The molecule has 0 aromatic heterocycles. The van der Waals surface area contributed by atoms with Gasteiger partial charge in [0.15, 0.2) is 5.78 Å². The van der Waals surface area contributed by atoms with Crippen molar-refractivity contribution in [1.82, 2.24) is 5.32 Å². The van der Waals surface area contributed by atoms with Crippen LogP contribution in [0.3, 0.4) is 0 Å². The van der Waals surface area contributed by atoms with Crippen molar-refractivity contribution in [2.75, 3.05) is 0 Å². The lowest BCUT2D eigenvalue weighted by molar-refractivity contribution is -0.117. The summed E-state index contributed by atoms with van der Waals surface area (Å²) in [5.41, 5.74) is -1.56. The molecular formula is C10H15NO3. The molecule has 0 bridgehead atoms. The zero-order valence-electron chi connectivity index (χ0n) is 19.8. The maximum absolute atomic E-state index is 12.5. The quantitative estimate of drug-likeness (QED) is 0.405. The Bertz CT molecular complexity index is 703. The van der Waals surface area contributed by atoms with Gasteiger partial charge in [-0.15, -0.1) is 0 Å². The van der Waals surface area contributed by atoms with Gasteiger partial charge in [-0.25, -0.2) is 0 Å². The molecule has 0 aromatic carbocycles. The van der Waals surface area contributed by atoms with Gasteiger partial charge in [-0.05, 0) is 12.7 Å². The van der Waals surface area contributed by atoms with Crippen molar-refractivity contribution in [3.63, 3.8) is 0 Å². The van der Waals surface area contributed by atoms with Crippen LogP contribution in [0.4, 0.5) is 0 Å². The largest absolute Gasteiger partial charge is 0.512 e. The smallest absolute Gasteiger partial charge is 0.259 e. The Kier molecular flexibility index (Phi) is 0.715. The first kappa shape index (κ1) is 2.62. The van der Waals surface area contributed by atoms with Crippen LogP contribution in [0.2, 0.25) is 0 Å². The number of nitrogens with one attached hydrogen (secondary N) is 1. The third-order valence-electron chi connectivity index (χ3n) is 1.53. The van der Waals surface area contributed by atoms with Gasteiger partial charge in [0, 0.05) is 16.4 Å². The van der Waals surface area contributed by atoms with Gasteiger partial charge in [0.25, 0.3) is 5.91 Å². The number of allylic oxidation sites excluding steroid dienone is 1. The zero-order chi connectivity index (χ0) is 22.0. The molecule has 1 fully saturated rings. The Balaban J connectivity index is 3.88. The van der Waals surface area contributed by atoms with E-state index in [9.17, 15) is 14.7 Å². The fourth-order valence-electron chi connectivity index (χ4n) is 0.915. The first-order valence-corrected chi connectivity index (χ1v) is 3.38. The highest BCUT2D eigenvalue weighted by atomic mass is 16.3. The van der Waals surface area contributed by atoms with Crippen molar-refractivity contribution < 1.29 is 32.5 Å². The zero-order valence-corrected chi connectivity index (χ0v) is 6.76. The number of aliphatic hydroxyl groups excluding tert-OH is 1. The lowest BCUT2D eigenvalue weighted by atomic mass is 9.95. The summed E-state index contributed by atoms with van der Waals surface area (Å²) in [4.78, 5) is 24.5. The first-order chi connectivity index (χ1) is 11.6. The molecule has 1 heterocycles. The molecule has 2 N–H and O–H groups in total. The second-order valence-corrected chi connectivity index (χ2v) is 2.38. The number of ketones is 1. The molecule has 4 heteroatoms. The molecule has 1 saturated heterocycles. The minimum Gasteiger partial charge on any atom is -0.512 e. The van der Waals surface area contributed by atoms with E-state index in [2.05, 4.69) is 0 Å².